The Morgan fingerprint density at radius 2 is 2.32 bits per heavy atom. The maximum atomic E-state index is 12.1. The van der Waals surface area contributed by atoms with Crippen LogP contribution in [0.25, 0.3) is 0 Å². The Labute approximate surface area is 114 Å². The van der Waals surface area contributed by atoms with Crippen molar-refractivity contribution in [2.45, 2.75) is 32.7 Å². The zero-order chi connectivity index (χ0) is 13.8. The SMILES string of the molecule is Cc1cc(C(=O)NC(C)C2CCCNC2)ccc1O. The molecule has 4 heteroatoms. The number of hydrogen-bond donors (Lipinski definition) is 3. The van der Waals surface area contributed by atoms with Gasteiger partial charge in [0, 0.05) is 11.6 Å². The van der Waals surface area contributed by atoms with Crippen molar-refractivity contribution < 1.29 is 9.90 Å². The summed E-state index contributed by atoms with van der Waals surface area (Å²) in [7, 11) is 0. The van der Waals surface area contributed by atoms with Gasteiger partial charge in [-0.05, 0) is 69.5 Å². The van der Waals surface area contributed by atoms with Gasteiger partial charge in [0.15, 0.2) is 0 Å². The zero-order valence-electron chi connectivity index (χ0n) is 11.6. The normalized spacial score (nSPS) is 20.8. The number of rotatable bonds is 3. The molecule has 2 atom stereocenters. The Morgan fingerprint density at radius 3 is 2.95 bits per heavy atom. The Hall–Kier alpha value is -1.55. The predicted molar refractivity (Wildman–Crippen MR) is 75.4 cm³/mol. The molecule has 0 aromatic heterocycles. The van der Waals surface area contributed by atoms with E-state index in [4.69, 9.17) is 0 Å². The van der Waals surface area contributed by atoms with Crippen molar-refractivity contribution in [3.8, 4) is 5.75 Å². The van der Waals surface area contributed by atoms with Crippen LogP contribution in [0.15, 0.2) is 18.2 Å². The first kappa shape index (κ1) is 13.9. The smallest absolute Gasteiger partial charge is 0.251 e. The predicted octanol–water partition coefficient (Wildman–Crippen LogP) is 1.82. The quantitative estimate of drug-likeness (QED) is 0.778. The van der Waals surface area contributed by atoms with E-state index in [9.17, 15) is 9.90 Å². The molecule has 1 aliphatic heterocycles. The number of amides is 1. The lowest BCUT2D eigenvalue weighted by atomic mass is 9.92. The maximum Gasteiger partial charge on any atom is 0.251 e. The first-order valence-corrected chi connectivity index (χ1v) is 6.89. The van der Waals surface area contributed by atoms with Gasteiger partial charge in [-0.1, -0.05) is 0 Å². The molecule has 104 valence electrons. The topological polar surface area (TPSA) is 61.4 Å². The van der Waals surface area contributed by atoms with E-state index in [1.165, 1.54) is 6.42 Å². The van der Waals surface area contributed by atoms with Crippen LogP contribution in [0, 0.1) is 12.8 Å². The molecule has 1 heterocycles. The summed E-state index contributed by atoms with van der Waals surface area (Å²) in [6.45, 7) is 5.90. The number of aromatic hydroxyl groups is 1. The molecular formula is C15H22N2O2. The summed E-state index contributed by atoms with van der Waals surface area (Å²) in [5.41, 5.74) is 1.32. The number of carbonyl (C=O) groups excluding carboxylic acids is 1. The summed E-state index contributed by atoms with van der Waals surface area (Å²) in [4.78, 5) is 12.1. The number of carbonyl (C=O) groups is 1. The first-order chi connectivity index (χ1) is 9.08. The van der Waals surface area contributed by atoms with E-state index >= 15 is 0 Å². The molecule has 3 N–H and O–H groups in total. The van der Waals surface area contributed by atoms with Crippen LogP contribution in [-0.4, -0.2) is 30.1 Å². The molecule has 1 fully saturated rings. The van der Waals surface area contributed by atoms with Crippen LogP contribution in [0.1, 0.15) is 35.7 Å². The van der Waals surface area contributed by atoms with Crippen molar-refractivity contribution in [3.63, 3.8) is 0 Å². The minimum Gasteiger partial charge on any atom is -0.508 e. The van der Waals surface area contributed by atoms with Crippen LogP contribution >= 0.6 is 0 Å². The molecule has 19 heavy (non-hydrogen) atoms. The highest BCUT2D eigenvalue weighted by Crippen LogP contribution is 2.18. The summed E-state index contributed by atoms with van der Waals surface area (Å²) < 4.78 is 0. The van der Waals surface area contributed by atoms with Crippen molar-refractivity contribution in [2.75, 3.05) is 13.1 Å². The second-order valence-corrected chi connectivity index (χ2v) is 5.37. The van der Waals surface area contributed by atoms with Gasteiger partial charge in [0.25, 0.3) is 5.91 Å². The molecule has 0 spiro atoms. The van der Waals surface area contributed by atoms with Crippen molar-refractivity contribution in [1.82, 2.24) is 10.6 Å². The number of nitrogens with one attached hydrogen (secondary N) is 2. The average molecular weight is 262 g/mol. The van der Waals surface area contributed by atoms with Gasteiger partial charge in [0.2, 0.25) is 0 Å². The average Bonchev–Trinajstić information content (AvgIpc) is 2.42. The molecular weight excluding hydrogens is 240 g/mol. The number of phenolic OH excluding ortho intramolecular Hbond substituents is 1. The van der Waals surface area contributed by atoms with E-state index in [-0.39, 0.29) is 17.7 Å². The highest BCUT2D eigenvalue weighted by Gasteiger charge is 2.21. The molecule has 1 saturated heterocycles. The molecule has 0 saturated carbocycles. The van der Waals surface area contributed by atoms with Crippen molar-refractivity contribution in [2.24, 2.45) is 5.92 Å². The largest absolute Gasteiger partial charge is 0.508 e. The molecule has 1 aliphatic rings. The van der Waals surface area contributed by atoms with Gasteiger partial charge < -0.3 is 15.7 Å². The molecule has 0 bridgehead atoms. The van der Waals surface area contributed by atoms with Gasteiger partial charge >= 0.3 is 0 Å². The van der Waals surface area contributed by atoms with Crippen LogP contribution in [0.2, 0.25) is 0 Å². The Bertz CT molecular complexity index is 453. The van der Waals surface area contributed by atoms with Crippen molar-refractivity contribution in [3.05, 3.63) is 29.3 Å². The zero-order valence-corrected chi connectivity index (χ0v) is 11.6. The van der Waals surface area contributed by atoms with Crippen LogP contribution in [0.5, 0.6) is 5.75 Å². The van der Waals surface area contributed by atoms with E-state index in [2.05, 4.69) is 17.6 Å². The van der Waals surface area contributed by atoms with Crippen molar-refractivity contribution >= 4 is 5.91 Å². The molecule has 0 radical (unpaired) electrons. The Kier molecular flexibility index (Phi) is 4.43. The van der Waals surface area contributed by atoms with Crippen LogP contribution in [-0.2, 0) is 0 Å². The molecule has 2 unspecified atom stereocenters. The van der Waals surface area contributed by atoms with Gasteiger partial charge in [0.1, 0.15) is 5.75 Å². The van der Waals surface area contributed by atoms with Crippen LogP contribution in [0.4, 0.5) is 0 Å². The molecule has 1 aromatic rings. The van der Waals surface area contributed by atoms with E-state index in [0.29, 0.717) is 11.5 Å². The number of hydrogen-bond acceptors (Lipinski definition) is 3. The lowest BCUT2D eigenvalue weighted by molar-refractivity contribution is 0.0922. The van der Waals surface area contributed by atoms with Gasteiger partial charge in [-0.25, -0.2) is 0 Å². The van der Waals surface area contributed by atoms with Gasteiger partial charge in [-0.3, -0.25) is 4.79 Å². The molecule has 1 aromatic carbocycles. The summed E-state index contributed by atoms with van der Waals surface area (Å²) >= 11 is 0. The minimum atomic E-state index is -0.0684. The van der Waals surface area contributed by atoms with E-state index < -0.39 is 0 Å². The minimum absolute atomic E-state index is 0.0684. The third-order valence-corrected chi connectivity index (χ3v) is 3.86. The second kappa shape index (κ2) is 6.06. The summed E-state index contributed by atoms with van der Waals surface area (Å²) in [6, 6.07) is 5.10. The standard InChI is InChI=1S/C15H22N2O2/c1-10-8-12(5-6-14(10)18)15(19)17-11(2)13-4-3-7-16-9-13/h5-6,8,11,13,16,18H,3-4,7,9H2,1-2H3,(H,17,19). The fourth-order valence-electron chi connectivity index (χ4n) is 2.51. The van der Waals surface area contributed by atoms with Crippen LogP contribution in [0.3, 0.4) is 0 Å². The lowest BCUT2D eigenvalue weighted by Crippen LogP contribution is -2.44. The van der Waals surface area contributed by atoms with E-state index in [1.807, 2.05) is 0 Å². The van der Waals surface area contributed by atoms with Crippen LogP contribution < -0.4 is 10.6 Å². The number of phenols is 1. The fourth-order valence-corrected chi connectivity index (χ4v) is 2.51. The van der Waals surface area contributed by atoms with Crippen molar-refractivity contribution in [1.29, 1.82) is 0 Å². The Balaban J connectivity index is 1.97. The highest BCUT2D eigenvalue weighted by atomic mass is 16.3. The highest BCUT2D eigenvalue weighted by molar-refractivity contribution is 5.94. The summed E-state index contributed by atoms with van der Waals surface area (Å²) in [5.74, 6) is 0.651. The summed E-state index contributed by atoms with van der Waals surface area (Å²) in [6.07, 6.45) is 2.33. The fraction of sp³-hybridized carbons (Fsp3) is 0.533. The second-order valence-electron chi connectivity index (χ2n) is 5.37. The lowest BCUT2D eigenvalue weighted by Gasteiger charge is -2.29. The maximum absolute atomic E-state index is 12.1. The first-order valence-electron chi connectivity index (χ1n) is 6.89. The Morgan fingerprint density at radius 1 is 1.53 bits per heavy atom. The molecule has 4 nitrogen and oxygen atoms in total. The molecule has 0 aliphatic carbocycles. The molecule has 2 rings (SSSR count). The third kappa shape index (κ3) is 3.47. The van der Waals surface area contributed by atoms with E-state index in [1.54, 1.807) is 25.1 Å². The summed E-state index contributed by atoms with van der Waals surface area (Å²) in [5, 5.41) is 15.9. The molecule has 1 amide bonds. The number of aryl methyl sites for hydroxylation is 1. The van der Waals surface area contributed by atoms with E-state index in [0.717, 1.165) is 25.1 Å². The van der Waals surface area contributed by atoms with Gasteiger partial charge in [0.05, 0.1) is 0 Å². The van der Waals surface area contributed by atoms with Gasteiger partial charge in [-0.15, -0.1) is 0 Å². The number of piperidine rings is 1. The third-order valence-electron chi connectivity index (χ3n) is 3.86. The van der Waals surface area contributed by atoms with Gasteiger partial charge in [-0.2, -0.15) is 0 Å². The number of benzene rings is 1. The monoisotopic (exact) mass is 262 g/mol.